The third-order valence-corrected chi connectivity index (χ3v) is 4.17. The van der Waals surface area contributed by atoms with Crippen LogP contribution in [0.3, 0.4) is 0 Å². The zero-order valence-electron chi connectivity index (χ0n) is 13.6. The molecule has 0 spiro atoms. The lowest BCUT2D eigenvalue weighted by molar-refractivity contribution is -0.686. The van der Waals surface area contributed by atoms with Gasteiger partial charge in [-0.3, -0.25) is 4.79 Å². The van der Waals surface area contributed by atoms with Crippen molar-refractivity contribution in [2.75, 3.05) is 7.11 Å². The Labute approximate surface area is 165 Å². The Hall–Kier alpha value is -2.05. The van der Waals surface area contributed by atoms with Gasteiger partial charge in [-0.1, -0.05) is 40.2 Å². The van der Waals surface area contributed by atoms with E-state index in [2.05, 4.69) is 20.9 Å². The van der Waals surface area contributed by atoms with E-state index < -0.39 is 0 Å². The average molecular weight is 465 g/mol. The second kappa shape index (κ2) is 8.87. The maximum Gasteiger partial charge on any atom is 0.287 e. The fraction of sp³-hybridized carbons (Fsp3) is 0.105. The molecule has 0 bridgehead atoms. The predicted molar refractivity (Wildman–Crippen MR) is 105 cm³/mol. The first-order valence-electron chi connectivity index (χ1n) is 7.44. The van der Waals surface area contributed by atoms with Gasteiger partial charge in [0, 0.05) is 16.1 Å². The molecule has 0 amide bonds. The van der Waals surface area contributed by atoms with E-state index in [9.17, 15) is 4.79 Å². The highest BCUT2D eigenvalue weighted by molar-refractivity contribution is 9.10. The molecule has 128 valence electrons. The third kappa shape index (κ3) is 4.74. The number of ketones is 1. The minimum absolute atomic E-state index is 0. The molecule has 3 aromatic rings. The van der Waals surface area contributed by atoms with Crippen LogP contribution in [0.25, 0.3) is 11.3 Å². The van der Waals surface area contributed by atoms with E-state index in [4.69, 9.17) is 4.74 Å². The van der Waals surface area contributed by atoms with E-state index >= 15 is 0 Å². The summed E-state index contributed by atoms with van der Waals surface area (Å²) in [6.45, 7) is 0.251. The van der Waals surface area contributed by atoms with Crippen molar-refractivity contribution >= 4 is 38.7 Å². The summed E-state index contributed by atoms with van der Waals surface area (Å²) in [6.07, 6.45) is 3.52. The molecule has 25 heavy (non-hydrogen) atoms. The highest BCUT2D eigenvalue weighted by atomic mass is 79.9. The Kier molecular flexibility index (Phi) is 6.84. The molecule has 0 atom stereocenters. The van der Waals surface area contributed by atoms with Gasteiger partial charge in [-0.15, -0.1) is 17.0 Å². The third-order valence-electron chi connectivity index (χ3n) is 3.64. The number of nitrogens with zero attached hydrogens (tertiary/aromatic N) is 2. The zero-order valence-corrected chi connectivity index (χ0v) is 16.9. The first-order chi connectivity index (χ1) is 11.7. The summed E-state index contributed by atoms with van der Waals surface area (Å²) in [7, 11) is 1.64. The first-order valence-corrected chi connectivity index (χ1v) is 8.24. The van der Waals surface area contributed by atoms with Crippen molar-refractivity contribution in [3.63, 3.8) is 0 Å². The Morgan fingerprint density at radius 1 is 1.12 bits per heavy atom. The number of halogens is 2. The molecule has 1 heterocycles. The molecule has 0 unspecified atom stereocenters. The highest BCUT2D eigenvalue weighted by Crippen LogP contribution is 2.26. The molecule has 1 aromatic heterocycles. The number of benzene rings is 2. The number of ether oxygens (including phenoxy) is 1. The molecule has 0 radical (unpaired) electrons. The zero-order chi connectivity index (χ0) is 16.9. The van der Waals surface area contributed by atoms with E-state index in [-0.39, 0.29) is 29.3 Å². The number of hydrogen-bond acceptors (Lipinski definition) is 3. The van der Waals surface area contributed by atoms with E-state index in [1.807, 2.05) is 60.8 Å². The van der Waals surface area contributed by atoms with Gasteiger partial charge in [0.1, 0.15) is 5.75 Å². The number of carbonyl (C=O) groups excluding carboxylic acids is 1. The van der Waals surface area contributed by atoms with Gasteiger partial charge < -0.3 is 4.74 Å². The summed E-state index contributed by atoms with van der Waals surface area (Å²) in [5.41, 5.74) is 2.41. The van der Waals surface area contributed by atoms with E-state index in [0.717, 1.165) is 21.5 Å². The van der Waals surface area contributed by atoms with Crippen LogP contribution in [0.2, 0.25) is 0 Å². The quantitative estimate of drug-likeness (QED) is 0.418. The van der Waals surface area contributed by atoms with Crippen LogP contribution in [-0.4, -0.2) is 17.9 Å². The molecule has 0 N–H and O–H groups in total. The van der Waals surface area contributed by atoms with Crippen molar-refractivity contribution in [3.05, 3.63) is 77.2 Å². The summed E-state index contributed by atoms with van der Waals surface area (Å²) in [4.78, 5) is 16.7. The van der Waals surface area contributed by atoms with Gasteiger partial charge >= 0.3 is 0 Å². The van der Waals surface area contributed by atoms with Crippen molar-refractivity contribution < 1.29 is 14.1 Å². The van der Waals surface area contributed by atoms with Crippen molar-refractivity contribution in [3.8, 4) is 17.0 Å². The average Bonchev–Trinajstić information content (AvgIpc) is 2.63. The summed E-state index contributed by atoms with van der Waals surface area (Å²) in [6, 6.07) is 16.9. The van der Waals surface area contributed by atoms with Gasteiger partial charge in [0.05, 0.1) is 18.9 Å². The summed E-state index contributed by atoms with van der Waals surface area (Å²) >= 11 is 3.37. The van der Waals surface area contributed by atoms with Crippen LogP contribution in [0.15, 0.2) is 71.6 Å². The molecule has 2 aromatic carbocycles. The number of Topliss-reactive ketones (excluding diaryl/α,β-unsaturated/α-hetero) is 1. The smallest absolute Gasteiger partial charge is 0.287 e. The van der Waals surface area contributed by atoms with Crippen LogP contribution in [0.4, 0.5) is 0 Å². The molecule has 0 saturated heterocycles. The van der Waals surface area contributed by atoms with Crippen LogP contribution < -0.4 is 9.30 Å². The lowest BCUT2D eigenvalue weighted by Gasteiger charge is -2.05. The molecule has 0 saturated carbocycles. The second-order valence-electron chi connectivity index (χ2n) is 5.25. The number of hydrogen-bond donors (Lipinski definition) is 0. The summed E-state index contributed by atoms with van der Waals surface area (Å²) in [5, 5.41) is 0. The minimum atomic E-state index is 0. The number of para-hydroxylation sites is 1. The van der Waals surface area contributed by atoms with Gasteiger partial charge in [-0.2, -0.15) is 0 Å². The number of carbonyl (C=O) groups is 1. The minimum Gasteiger partial charge on any atom is -0.496 e. The van der Waals surface area contributed by atoms with E-state index in [1.165, 1.54) is 0 Å². The first kappa shape index (κ1) is 19.3. The lowest BCUT2D eigenvalue weighted by Crippen LogP contribution is -2.37. The molecule has 0 fully saturated rings. The topological polar surface area (TPSA) is 43.1 Å². The maximum absolute atomic E-state index is 12.3. The molecule has 0 aliphatic rings. The van der Waals surface area contributed by atoms with Gasteiger partial charge in [0.15, 0.2) is 12.2 Å². The number of rotatable bonds is 5. The van der Waals surface area contributed by atoms with Crippen molar-refractivity contribution in [1.82, 2.24) is 4.98 Å². The Bertz CT molecular complexity index is 850. The van der Waals surface area contributed by atoms with Gasteiger partial charge in [-0.05, 0) is 29.2 Å². The van der Waals surface area contributed by atoms with Crippen LogP contribution >= 0.6 is 32.9 Å². The van der Waals surface area contributed by atoms with Gasteiger partial charge in [0.2, 0.25) is 5.78 Å². The number of methoxy groups -OCH3 is 1. The van der Waals surface area contributed by atoms with Crippen molar-refractivity contribution in [2.24, 2.45) is 0 Å². The fourth-order valence-electron chi connectivity index (χ4n) is 2.39. The fourth-order valence-corrected chi connectivity index (χ4v) is 2.65. The second-order valence-corrected chi connectivity index (χ2v) is 6.16. The molecule has 4 nitrogen and oxygen atoms in total. The van der Waals surface area contributed by atoms with Gasteiger partial charge in [-0.25, -0.2) is 4.57 Å². The van der Waals surface area contributed by atoms with Crippen LogP contribution in [0.1, 0.15) is 10.4 Å². The molecular formula is C19H17Br2N2O2+. The maximum atomic E-state index is 12.3. The van der Waals surface area contributed by atoms with E-state index in [1.54, 1.807) is 18.0 Å². The predicted octanol–water partition coefficient (Wildman–Crippen LogP) is 4.27. The molecule has 6 heteroatoms. The van der Waals surface area contributed by atoms with Crippen molar-refractivity contribution in [2.45, 2.75) is 6.54 Å². The van der Waals surface area contributed by atoms with Crippen LogP contribution in [0, 0.1) is 0 Å². The number of aromatic nitrogens is 2. The van der Waals surface area contributed by atoms with Crippen LogP contribution in [-0.2, 0) is 6.54 Å². The standard InChI is InChI=1S/C19H16BrN2O2.BrH/c1-24-19-5-3-2-4-16(19)17-10-11-22(13-21-17)12-18(23)14-6-8-15(20)9-7-14;/h2-11,13H,12H2,1H3;1H/q+1;. The normalized spacial score (nSPS) is 10.0. The molecule has 3 rings (SSSR count). The Balaban J connectivity index is 0.00000225. The Morgan fingerprint density at radius 3 is 2.48 bits per heavy atom. The van der Waals surface area contributed by atoms with Gasteiger partial charge in [0.25, 0.3) is 6.33 Å². The van der Waals surface area contributed by atoms with Crippen molar-refractivity contribution in [1.29, 1.82) is 0 Å². The molecule has 0 aliphatic heterocycles. The Morgan fingerprint density at radius 2 is 1.84 bits per heavy atom. The molecular weight excluding hydrogens is 448 g/mol. The summed E-state index contributed by atoms with van der Waals surface area (Å²) < 4.78 is 8.08. The summed E-state index contributed by atoms with van der Waals surface area (Å²) in [5.74, 6) is 0.813. The van der Waals surface area contributed by atoms with E-state index in [0.29, 0.717) is 5.56 Å². The lowest BCUT2D eigenvalue weighted by atomic mass is 10.1. The van der Waals surface area contributed by atoms with Crippen LogP contribution in [0.5, 0.6) is 5.75 Å². The molecule has 0 aliphatic carbocycles. The largest absolute Gasteiger partial charge is 0.496 e. The SMILES string of the molecule is Br.COc1ccccc1-c1cc[n+](CC(=O)c2ccc(Br)cc2)cn1. The monoisotopic (exact) mass is 463 g/mol. The highest BCUT2D eigenvalue weighted by Gasteiger charge is 2.14.